The number of halogens is 1. The molecule has 0 spiro atoms. The highest BCUT2D eigenvalue weighted by Crippen LogP contribution is 2.18. The summed E-state index contributed by atoms with van der Waals surface area (Å²) >= 11 is 5.85. The minimum atomic E-state index is -0.509. The van der Waals surface area contributed by atoms with Crippen LogP contribution in [-0.2, 0) is 4.79 Å². The Morgan fingerprint density at radius 1 is 1.44 bits per heavy atom. The van der Waals surface area contributed by atoms with Gasteiger partial charge in [0.1, 0.15) is 5.75 Å². The van der Waals surface area contributed by atoms with Crippen LogP contribution in [-0.4, -0.2) is 18.6 Å². The van der Waals surface area contributed by atoms with Crippen molar-refractivity contribution in [2.45, 2.75) is 39.2 Å². The van der Waals surface area contributed by atoms with E-state index in [1.54, 1.807) is 31.2 Å². The minimum absolute atomic E-state index is 0.0916. The van der Waals surface area contributed by atoms with Gasteiger partial charge in [0.2, 0.25) is 0 Å². The first-order valence-corrected chi connectivity index (χ1v) is 6.71. The van der Waals surface area contributed by atoms with Gasteiger partial charge in [-0.2, -0.15) is 0 Å². The highest BCUT2D eigenvalue weighted by atomic mass is 35.5. The molecule has 4 heteroatoms. The lowest BCUT2D eigenvalue weighted by Gasteiger charge is -2.14. The summed E-state index contributed by atoms with van der Waals surface area (Å²) in [7, 11) is 0. The predicted molar refractivity (Wildman–Crippen MR) is 74.1 cm³/mol. The van der Waals surface area contributed by atoms with Crippen LogP contribution in [0.25, 0.3) is 0 Å². The third-order valence-corrected chi connectivity index (χ3v) is 2.79. The van der Waals surface area contributed by atoms with Crippen molar-refractivity contribution in [1.82, 2.24) is 5.32 Å². The van der Waals surface area contributed by atoms with Crippen molar-refractivity contribution in [2.24, 2.45) is 0 Å². The molecule has 3 nitrogen and oxygen atoms in total. The topological polar surface area (TPSA) is 38.3 Å². The van der Waals surface area contributed by atoms with Crippen LogP contribution in [0.4, 0.5) is 0 Å². The lowest BCUT2D eigenvalue weighted by atomic mass is 10.2. The van der Waals surface area contributed by atoms with Gasteiger partial charge < -0.3 is 10.1 Å². The fourth-order valence-corrected chi connectivity index (χ4v) is 1.71. The standard InChI is InChI=1S/C14H20ClNO2/c1-3-4-5-9-16-14(17)11(2)18-13-8-6-7-12(15)10-13/h6-8,10-11H,3-5,9H2,1-2H3,(H,16,17)/t11-/m1/s1. The van der Waals surface area contributed by atoms with E-state index in [0.717, 1.165) is 19.3 Å². The Hall–Kier alpha value is -1.22. The Kier molecular flexibility index (Phi) is 6.58. The van der Waals surface area contributed by atoms with E-state index in [0.29, 0.717) is 17.3 Å². The Morgan fingerprint density at radius 3 is 2.89 bits per heavy atom. The third kappa shape index (κ3) is 5.41. The van der Waals surface area contributed by atoms with E-state index in [2.05, 4.69) is 12.2 Å². The van der Waals surface area contributed by atoms with Gasteiger partial charge in [-0.15, -0.1) is 0 Å². The molecule has 0 fully saturated rings. The second kappa shape index (κ2) is 7.98. The highest BCUT2D eigenvalue weighted by Gasteiger charge is 2.13. The fourth-order valence-electron chi connectivity index (χ4n) is 1.53. The molecule has 0 saturated heterocycles. The fraction of sp³-hybridized carbons (Fsp3) is 0.500. The largest absolute Gasteiger partial charge is 0.481 e. The smallest absolute Gasteiger partial charge is 0.260 e. The molecule has 18 heavy (non-hydrogen) atoms. The molecule has 0 saturated carbocycles. The third-order valence-electron chi connectivity index (χ3n) is 2.56. The number of unbranched alkanes of at least 4 members (excludes halogenated alkanes) is 2. The number of nitrogens with one attached hydrogen (secondary N) is 1. The highest BCUT2D eigenvalue weighted by molar-refractivity contribution is 6.30. The van der Waals surface area contributed by atoms with Crippen LogP contribution in [0.5, 0.6) is 5.75 Å². The first-order valence-electron chi connectivity index (χ1n) is 6.33. The summed E-state index contributed by atoms with van der Waals surface area (Å²) in [6, 6.07) is 7.04. The van der Waals surface area contributed by atoms with Crippen molar-refractivity contribution in [3.8, 4) is 5.75 Å². The number of rotatable bonds is 7. The Labute approximate surface area is 113 Å². The number of hydrogen-bond donors (Lipinski definition) is 1. The molecule has 0 unspecified atom stereocenters. The Morgan fingerprint density at radius 2 is 2.22 bits per heavy atom. The second-order valence-corrected chi connectivity index (χ2v) is 4.65. The SMILES string of the molecule is CCCCCNC(=O)[C@@H](C)Oc1cccc(Cl)c1. The number of ether oxygens (including phenoxy) is 1. The average Bonchev–Trinajstić information content (AvgIpc) is 2.34. The molecule has 0 aliphatic rings. The van der Waals surface area contributed by atoms with Gasteiger partial charge in [0.25, 0.3) is 5.91 Å². The van der Waals surface area contributed by atoms with Gasteiger partial charge in [-0.1, -0.05) is 37.4 Å². The molecule has 1 N–H and O–H groups in total. The van der Waals surface area contributed by atoms with Crippen LogP contribution in [0.3, 0.4) is 0 Å². The quantitative estimate of drug-likeness (QED) is 0.771. The van der Waals surface area contributed by atoms with Crippen molar-refractivity contribution < 1.29 is 9.53 Å². The van der Waals surface area contributed by atoms with Crippen molar-refractivity contribution in [3.63, 3.8) is 0 Å². The molecule has 100 valence electrons. The van der Waals surface area contributed by atoms with E-state index >= 15 is 0 Å². The lowest BCUT2D eigenvalue weighted by molar-refractivity contribution is -0.127. The van der Waals surface area contributed by atoms with Crippen molar-refractivity contribution in [1.29, 1.82) is 0 Å². The molecular weight excluding hydrogens is 250 g/mol. The monoisotopic (exact) mass is 269 g/mol. The number of hydrogen-bond acceptors (Lipinski definition) is 2. The van der Waals surface area contributed by atoms with Crippen LogP contribution >= 0.6 is 11.6 Å². The maximum Gasteiger partial charge on any atom is 0.260 e. The minimum Gasteiger partial charge on any atom is -0.481 e. The van der Waals surface area contributed by atoms with E-state index in [9.17, 15) is 4.79 Å². The van der Waals surface area contributed by atoms with E-state index < -0.39 is 6.10 Å². The molecule has 1 atom stereocenters. The van der Waals surface area contributed by atoms with Crippen molar-refractivity contribution in [2.75, 3.05) is 6.54 Å². The summed E-state index contributed by atoms with van der Waals surface area (Å²) in [5, 5.41) is 3.46. The molecule has 1 aromatic rings. The van der Waals surface area contributed by atoms with Crippen LogP contribution < -0.4 is 10.1 Å². The molecule has 0 radical (unpaired) electrons. The van der Waals surface area contributed by atoms with Gasteiger partial charge in [-0.3, -0.25) is 4.79 Å². The van der Waals surface area contributed by atoms with Crippen LogP contribution in [0.2, 0.25) is 5.02 Å². The van der Waals surface area contributed by atoms with E-state index in [1.807, 2.05) is 0 Å². The molecule has 1 rings (SSSR count). The van der Waals surface area contributed by atoms with Crippen molar-refractivity contribution >= 4 is 17.5 Å². The van der Waals surface area contributed by atoms with Gasteiger partial charge >= 0.3 is 0 Å². The summed E-state index contributed by atoms with van der Waals surface area (Å²) in [6.45, 7) is 4.57. The maximum atomic E-state index is 11.7. The van der Waals surface area contributed by atoms with Crippen LogP contribution in [0.15, 0.2) is 24.3 Å². The zero-order valence-corrected chi connectivity index (χ0v) is 11.7. The molecule has 0 aliphatic heterocycles. The average molecular weight is 270 g/mol. The molecule has 0 heterocycles. The number of carbonyl (C=O) groups is 1. The summed E-state index contributed by atoms with van der Waals surface area (Å²) in [5.41, 5.74) is 0. The molecule has 1 aromatic carbocycles. The van der Waals surface area contributed by atoms with Gasteiger partial charge in [0.05, 0.1) is 0 Å². The molecular formula is C14H20ClNO2. The number of carbonyl (C=O) groups excluding carboxylic acids is 1. The van der Waals surface area contributed by atoms with Gasteiger partial charge in [-0.25, -0.2) is 0 Å². The normalized spacial score (nSPS) is 11.9. The Balaban J connectivity index is 2.35. The first kappa shape index (κ1) is 14.8. The predicted octanol–water partition coefficient (Wildman–Crippen LogP) is 3.41. The lowest BCUT2D eigenvalue weighted by Crippen LogP contribution is -2.36. The van der Waals surface area contributed by atoms with Gasteiger partial charge in [0.15, 0.2) is 6.10 Å². The van der Waals surface area contributed by atoms with E-state index in [4.69, 9.17) is 16.3 Å². The maximum absolute atomic E-state index is 11.7. The zero-order valence-electron chi connectivity index (χ0n) is 10.9. The van der Waals surface area contributed by atoms with Gasteiger partial charge in [0, 0.05) is 11.6 Å². The van der Waals surface area contributed by atoms with Gasteiger partial charge in [-0.05, 0) is 31.5 Å². The van der Waals surface area contributed by atoms with Crippen LogP contribution in [0.1, 0.15) is 33.1 Å². The number of amides is 1. The Bertz CT molecular complexity index is 382. The molecule has 0 bridgehead atoms. The summed E-state index contributed by atoms with van der Waals surface area (Å²) in [4.78, 5) is 11.7. The summed E-state index contributed by atoms with van der Waals surface area (Å²) in [5.74, 6) is 0.518. The second-order valence-electron chi connectivity index (χ2n) is 4.22. The van der Waals surface area contributed by atoms with Crippen molar-refractivity contribution in [3.05, 3.63) is 29.3 Å². The molecule has 0 aromatic heterocycles. The molecule has 0 aliphatic carbocycles. The zero-order chi connectivity index (χ0) is 13.4. The van der Waals surface area contributed by atoms with E-state index in [-0.39, 0.29) is 5.91 Å². The summed E-state index contributed by atoms with van der Waals surface area (Å²) in [6.07, 6.45) is 2.77. The van der Waals surface area contributed by atoms with E-state index in [1.165, 1.54) is 0 Å². The molecule has 1 amide bonds. The van der Waals surface area contributed by atoms with Crippen LogP contribution in [0, 0.1) is 0 Å². The number of benzene rings is 1. The summed E-state index contributed by atoms with van der Waals surface area (Å²) < 4.78 is 5.52. The first-order chi connectivity index (χ1) is 8.63.